The van der Waals surface area contributed by atoms with Crippen LogP contribution in [-0.4, -0.2) is 24.8 Å². The van der Waals surface area contributed by atoms with E-state index in [1.165, 1.54) is 5.56 Å². The molecule has 19 heavy (non-hydrogen) atoms. The largest absolute Gasteiger partial charge is 0.386 e. The molecule has 0 radical (unpaired) electrons. The lowest BCUT2D eigenvalue weighted by molar-refractivity contribution is -0.126. The van der Waals surface area contributed by atoms with Crippen molar-refractivity contribution in [3.05, 3.63) is 35.4 Å². The van der Waals surface area contributed by atoms with E-state index in [0.717, 1.165) is 5.56 Å². The molecule has 0 aliphatic carbocycles. The summed E-state index contributed by atoms with van der Waals surface area (Å²) < 4.78 is 0. The molecule has 0 unspecified atom stereocenters. The highest BCUT2D eigenvalue weighted by atomic mass is 16.6. The monoisotopic (exact) mass is 262 g/mol. The molecule has 4 heteroatoms. The Morgan fingerprint density at radius 2 is 1.95 bits per heavy atom. The van der Waals surface area contributed by atoms with Crippen molar-refractivity contribution in [3.63, 3.8) is 0 Å². The van der Waals surface area contributed by atoms with Gasteiger partial charge in [0.25, 0.3) is 5.91 Å². The number of hydrogen-bond acceptors (Lipinski definition) is 3. The van der Waals surface area contributed by atoms with Crippen LogP contribution in [-0.2, 0) is 9.63 Å². The Morgan fingerprint density at radius 3 is 2.53 bits per heavy atom. The molecule has 0 heterocycles. The third-order valence-electron chi connectivity index (χ3n) is 2.94. The fourth-order valence-electron chi connectivity index (χ4n) is 1.31. The summed E-state index contributed by atoms with van der Waals surface area (Å²) in [6.07, 6.45) is 1.60. The predicted molar refractivity (Wildman–Crippen MR) is 77.2 cm³/mol. The first kappa shape index (κ1) is 15.2. The third-order valence-corrected chi connectivity index (χ3v) is 2.94. The second-order valence-electron chi connectivity index (χ2n) is 5.02. The maximum absolute atomic E-state index is 11.5. The highest BCUT2D eigenvalue weighted by Crippen LogP contribution is 2.01. The summed E-state index contributed by atoms with van der Waals surface area (Å²) in [5.41, 5.74) is 2.14. The first-order chi connectivity index (χ1) is 8.99. The minimum absolute atomic E-state index is 0.0561. The molecule has 1 atom stereocenters. The average Bonchev–Trinajstić information content (AvgIpc) is 2.36. The zero-order valence-electron chi connectivity index (χ0n) is 12.0. The van der Waals surface area contributed by atoms with E-state index >= 15 is 0 Å². The van der Waals surface area contributed by atoms with Gasteiger partial charge in [0.15, 0.2) is 6.61 Å². The Morgan fingerprint density at radius 1 is 1.32 bits per heavy atom. The summed E-state index contributed by atoms with van der Waals surface area (Å²) in [7, 11) is 0. The average molecular weight is 262 g/mol. The van der Waals surface area contributed by atoms with E-state index in [9.17, 15) is 4.79 Å². The number of carbonyl (C=O) groups excluding carboxylic acids is 1. The van der Waals surface area contributed by atoms with Crippen LogP contribution in [0.5, 0.6) is 0 Å². The van der Waals surface area contributed by atoms with Gasteiger partial charge in [-0.2, -0.15) is 0 Å². The van der Waals surface area contributed by atoms with Gasteiger partial charge in [0.05, 0.1) is 6.21 Å². The molecule has 0 aromatic heterocycles. The van der Waals surface area contributed by atoms with Crippen LogP contribution < -0.4 is 5.32 Å². The summed E-state index contributed by atoms with van der Waals surface area (Å²) in [6.45, 7) is 8.05. The fourth-order valence-corrected chi connectivity index (χ4v) is 1.31. The summed E-state index contributed by atoms with van der Waals surface area (Å²) >= 11 is 0. The summed E-state index contributed by atoms with van der Waals surface area (Å²) in [6, 6.07) is 8.03. The molecule has 1 N–H and O–H groups in total. The van der Waals surface area contributed by atoms with Gasteiger partial charge in [-0.25, -0.2) is 0 Å². The van der Waals surface area contributed by atoms with Crippen molar-refractivity contribution in [1.82, 2.24) is 5.32 Å². The van der Waals surface area contributed by atoms with E-state index in [0.29, 0.717) is 5.92 Å². The van der Waals surface area contributed by atoms with Gasteiger partial charge in [-0.3, -0.25) is 4.79 Å². The number of carbonyl (C=O) groups is 1. The van der Waals surface area contributed by atoms with Crippen molar-refractivity contribution in [2.45, 2.75) is 33.7 Å². The van der Waals surface area contributed by atoms with Crippen molar-refractivity contribution in [3.8, 4) is 0 Å². The molecule has 0 saturated heterocycles. The second-order valence-corrected chi connectivity index (χ2v) is 5.02. The molecule has 0 aliphatic rings. The molecule has 104 valence electrons. The molecule has 1 aromatic carbocycles. The Hall–Kier alpha value is -1.84. The molecular formula is C15H22N2O2. The van der Waals surface area contributed by atoms with Crippen LogP contribution in [0.2, 0.25) is 0 Å². The maximum Gasteiger partial charge on any atom is 0.260 e. The summed E-state index contributed by atoms with van der Waals surface area (Å²) in [5, 5.41) is 6.63. The van der Waals surface area contributed by atoms with Gasteiger partial charge in [-0.05, 0) is 25.3 Å². The molecule has 0 saturated carbocycles. The predicted octanol–water partition coefficient (Wildman–Crippen LogP) is 2.51. The third kappa shape index (κ3) is 6.04. The Labute approximate surface area is 114 Å². The van der Waals surface area contributed by atoms with E-state index in [1.54, 1.807) is 6.21 Å². The van der Waals surface area contributed by atoms with Gasteiger partial charge >= 0.3 is 0 Å². The SMILES string of the molecule is Cc1ccc(/C=N\OCC(=O)N[C@@H](C)C(C)C)cc1. The number of benzene rings is 1. The van der Waals surface area contributed by atoms with E-state index in [4.69, 9.17) is 4.84 Å². The fraction of sp³-hybridized carbons (Fsp3) is 0.467. The van der Waals surface area contributed by atoms with Crippen LogP contribution >= 0.6 is 0 Å². The van der Waals surface area contributed by atoms with Crippen molar-refractivity contribution in [2.24, 2.45) is 11.1 Å². The molecule has 1 rings (SSSR count). The zero-order chi connectivity index (χ0) is 14.3. The number of nitrogens with one attached hydrogen (secondary N) is 1. The normalized spacial score (nSPS) is 12.7. The van der Waals surface area contributed by atoms with Crippen molar-refractivity contribution in [1.29, 1.82) is 0 Å². The summed E-state index contributed by atoms with van der Waals surface area (Å²) in [5.74, 6) is 0.252. The molecule has 0 spiro atoms. The quantitative estimate of drug-likeness (QED) is 0.632. The summed E-state index contributed by atoms with van der Waals surface area (Å²) in [4.78, 5) is 16.5. The van der Waals surface area contributed by atoms with E-state index in [2.05, 4.69) is 24.3 Å². The maximum atomic E-state index is 11.5. The van der Waals surface area contributed by atoms with Gasteiger partial charge in [0.2, 0.25) is 0 Å². The van der Waals surface area contributed by atoms with Gasteiger partial charge in [-0.15, -0.1) is 0 Å². The first-order valence-electron chi connectivity index (χ1n) is 6.50. The molecule has 0 fully saturated rings. The molecular weight excluding hydrogens is 240 g/mol. The van der Waals surface area contributed by atoms with Crippen LogP contribution in [0.15, 0.2) is 29.4 Å². The van der Waals surface area contributed by atoms with Crippen molar-refractivity contribution >= 4 is 12.1 Å². The van der Waals surface area contributed by atoms with Gasteiger partial charge in [-0.1, -0.05) is 48.8 Å². The lowest BCUT2D eigenvalue weighted by Crippen LogP contribution is -2.38. The molecule has 0 aliphatic heterocycles. The molecule has 1 aromatic rings. The number of rotatable bonds is 6. The topological polar surface area (TPSA) is 50.7 Å². The van der Waals surface area contributed by atoms with Crippen molar-refractivity contribution in [2.75, 3.05) is 6.61 Å². The smallest absolute Gasteiger partial charge is 0.260 e. The zero-order valence-corrected chi connectivity index (χ0v) is 12.0. The second kappa shape index (κ2) is 7.56. The molecule has 0 bridgehead atoms. The van der Waals surface area contributed by atoms with Crippen LogP contribution in [0.1, 0.15) is 31.9 Å². The minimum atomic E-state index is -0.151. The number of oxime groups is 1. The number of amides is 1. The highest BCUT2D eigenvalue weighted by molar-refractivity contribution is 5.79. The Bertz CT molecular complexity index is 424. The minimum Gasteiger partial charge on any atom is -0.386 e. The van der Waals surface area contributed by atoms with Crippen LogP contribution in [0.25, 0.3) is 0 Å². The Balaban J connectivity index is 2.30. The van der Waals surface area contributed by atoms with Gasteiger partial charge in [0.1, 0.15) is 0 Å². The van der Waals surface area contributed by atoms with Crippen molar-refractivity contribution < 1.29 is 9.63 Å². The standard InChI is InChI=1S/C15H22N2O2/c1-11(2)13(4)17-15(18)10-19-16-9-14-7-5-12(3)6-8-14/h5-9,11,13H,10H2,1-4H3,(H,17,18)/b16-9-/t13-/m0/s1. The highest BCUT2D eigenvalue weighted by Gasteiger charge is 2.10. The van der Waals surface area contributed by atoms with Crippen LogP contribution in [0.3, 0.4) is 0 Å². The van der Waals surface area contributed by atoms with E-state index < -0.39 is 0 Å². The van der Waals surface area contributed by atoms with Crippen LogP contribution in [0, 0.1) is 12.8 Å². The van der Waals surface area contributed by atoms with E-state index in [-0.39, 0.29) is 18.6 Å². The van der Waals surface area contributed by atoms with Crippen LogP contribution in [0.4, 0.5) is 0 Å². The lowest BCUT2D eigenvalue weighted by atomic mass is 10.1. The Kier molecular flexibility index (Phi) is 6.06. The number of nitrogens with zero attached hydrogens (tertiary/aromatic N) is 1. The van der Waals surface area contributed by atoms with Gasteiger partial charge in [0, 0.05) is 6.04 Å². The molecule has 1 amide bonds. The molecule has 4 nitrogen and oxygen atoms in total. The van der Waals surface area contributed by atoms with E-state index in [1.807, 2.05) is 38.1 Å². The first-order valence-corrected chi connectivity index (χ1v) is 6.50. The van der Waals surface area contributed by atoms with Gasteiger partial charge < -0.3 is 10.2 Å². The number of hydrogen-bond donors (Lipinski definition) is 1. The lowest BCUT2D eigenvalue weighted by Gasteiger charge is -2.16. The number of aryl methyl sites for hydroxylation is 1.